The molecule has 3 aromatic carbocycles. The predicted octanol–water partition coefficient (Wildman–Crippen LogP) is 7.03. The van der Waals surface area contributed by atoms with E-state index in [9.17, 15) is 24.9 Å². The highest BCUT2D eigenvalue weighted by molar-refractivity contribution is 9.11. The topological polar surface area (TPSA) is 104 Å². The zero-order chi connectivity index (χ0) is 27.2. The summed E-state index contributed by atoms with van der Waals surface area (Å²) in [6, 6.07) is 7.64. The molecule has 0 unspecified atom stereocenters. The molecule has 0 aliphatic carbocycles. The molecular formula is C29H28Br2O6. The first-order valence-electron chi connectivity index (χ1n) is 12.3. The molecule has 4 rings (SSSR count). The fraction of sp³-hybridized carbons (Fsp3) is 0.310. The number of aryl methyl sites for hydroxylation is 2. The summed E-state index contributed by atoms with van der Waals surface area (Å²) in [5.41, 5.74) is 1.96. The molecule has 0 saturated carbocycles. The molecule has 8 heteroatoms. The average molecular weight is 632 g/mol. The zero-order valence-corrected chi connectivity index (χ0v) is 24.2. The van der Waals surface area contributed by atoms with Crippen molar-refractivity contribution >= 4 is 43.8 Å². The molecule has 37 heavy (non-hydrogen) atoms. The van der Waals surface area contributed by atoms with Crippen LogP contribution in [-0.4, -0.2) is 27.3 Å². The Morgan fingerprint density at radius 2 is 1.32 bits per heavy atom. The molecule has 0 bridgehead atoms. The van der Waals surface area contributed by atoms with Crippen LogP contribution in [0.2, 0.25) is 0 Å². The van der Waals surface area contributed by atoms with E-state index in [1.54, 1.807) is 12.1 Å². The quantitative estimate of drug-likeness (QED) is 0.242. The SMILES string of the molecule is CCc1cc(O)c(C2(c3c(O)cc(CC)c(CC)c3Br)OC(=O)c3cccc(C(=O)O)c32)c(Br)c1CC. The number of halogens is 2. The summed E-state index contributed by atoms with van der Waals surface area (Å²) in [6.45, 7) is 7.90. The van der Waals surface area contributed by atoms with Crippen LogP contribution in [-0.2, 0) is 36.0 Å². The van der Waals surface area contributed by atoms with Crippen LogP contribution in [0.5, 0.6) is 11.5 Å². The van der Waals surface area contributed by atoms with Crippen molar-refractivity contribution in [1.29, 1.82) is 0 Å². The third-order valence-corrected chi connectivity index (χ3v) is 8.91. The Labute approximate surface area is 232 Å². The van der Waals surface area contributed by atoms with Crippen molar-refractivity contribution < 1.29 is 29.6 Å². The highest BCUT2D eigenvalue weighted by Gasteiger charge is 2.56. The standard InChI is InChI=1S/C29H28Br2O6/c1-5-14-12-20(32)23(25(30)16(14)7-3)29(24-21(33)13-15(6-2)17(8-4)26(24)31)22-18(27(34)35)10-9-11-19(22)28(36)37-29/h9-13,32-33H,5-8H2,1-4H3,(H,34,35). The maximum Gasteiger partial charge on any atom is 0.340 e. The third kappa shape index (κ3) is 3.96. The Morgan fingerprint density at radius 1 is 0.838 bits per heavy atom. The number of cyclic esters (lactones) is 1. The van der Waals surface area contributed by atoms with Crippen LogP contribution < -0.4 is 0 Å². The minimum absolute atomic E-state index is 0.0627. The van der Waals surface area contributed by atoms with Gasteiger partial charge in [-0.05, 0) is 104 Å². The van der Waals surface area contributed by atoms with E-state index < -0.39 is 17.5 Å². The molecule has 1 aliphatic rings. The Morgan fingerprint density at radius 3 is 1.73 bits per heavy atom. The second-order valence-electron chi connectivity index (χ2n) is 8.96. The molecule has 3 aromatic rings. The van der Waals surface area contributed by atoms with E-state index in [0.717, 1.165) is 22.3 Å². The number of hydrogen-bond donors (Lipinski definition) is 3. The molecule has 0 aromatic heterocycles. The Hall–Kier alpha value is -2.84. The van der Waals surface area contributed by atoms with Gasteiger partial charge in [-0.15, -0.1) is 0 Å². The number of esters is 1. The van der Waals surface area contributed by atoms with Gasteiger partial charge in [0.1, 0.15) is 11.5 Å². The van der Waals surface area contributed by atoms with E-state index >= 15 is 0 Å². The van der Waals surface area contributed by atoms with E-state index in [1.807, 2.05) is 27.7 Å². The monoisotopic (exact) mass is 630 g/mol. The lowest BCUT2D eigenvalue weighted by atomic mass is 9.75. The smallest absolute Gasteiger partial charge is 0.340 e. The lowest BCUT2D eigenvalue weighted by molar-refractivity contribution is 0.0229. The molecule has 0 fully saturated rings. The number of benzene rings is 3. The van der Waals surface area contributed by atoms with Crippen LogP contribution in [0.4, 0.5) is 0 Å². The summed E-state index contributed by atoms with van der Waals surface area (Å²) in [7, 11) is 0. The zero-order valence-electron chi connectivity index (χ0n) is 21.0. The van der Waals surface area contributed by atoms with Crippen molar-refractivity contribution in [3.63, 3.8) is 0 Å². The molecule has 0 radical (unpaired) electrons. The maximum absolute atomic E-state index is 13.4. The van der Waals surface area contributed by atoms with Crippen LogP contribution in [0.3, 0.4) is 0 Å². The van der Waals surface area contributed by atoms with Crippen molar-refractivity contribution in [2.45, 2.75) is 59.0 Å². The van der Waals surface area contributed by atoms with Gasteiger partial charge in [-0.2, -0.15) is 0 Å². The number of phenolic OH excluding ortho intramolecular Hbond substituents is 2. The van der Waals surface area contributed by atoms with Crippen LogP contribution >= 0.6 is 31.9 Å². The summed E-state index contributed by atoms with van der Waals surface area (Å²) < 4.78 is 7.16. The van der Waals surface area contributed by atoms with Gasteiger partial charge in [-0.3, -0.25) is 0 Å². The number of aromatic hydroxyl groups is 2. The molecule has 0 spiro atoms. The molecule has 194 valence electrons. The van der Waals surface area contributed by atoms with Gasteiger partial charge in [-0.1, -0.05) is 33.8 Å². The fourth-order valence-corrected chi connectivity index (χ4v) is 7.56. The van der Waals surface area contributed by atoms with Gasteiger partial charge < -0.3 is 20.1 Å². The Kier molecular flexibility index (Phi) is 7.45. The maximum atomic E-state index is 13.4. The third-order valence-electron chi connectivity index (χ3n) is 7.16. The summed E-state index contributed by atoms with van der Waals surface area (Å²) in [6.07, 6.45) is 2.52. The normalized spacial score (nSPS) is 13.9. The van der Waals surface area contributed by atoms with E-state index in [-0.39, 0.29) is 39.3 Å². The number of ether oxygens (including phenoxy) is 1. The van der Waals surface area contributed by atoms with Gasteiger partial charge in [0.25, 0.3) is 0 Å². The first-order valence-corrected chi connectivity index (χ1v) is 13.8. The number of fused-ring (bicyclic) bond motifs is 1. The van der Waals surface area contributed by atoms with Crippen LogP contribution in [0.15, 0.2) is 39.3 Å². The number of carbonyl (C=O) groups is 2. The lowest BCUT2D eigenvalue weighted by Crippen LogP contribution is -2.33. The largest absolute Gasteiger partial charge is 0.507 e. The molecule has 3 N–H and O–H groups in total. The minimum Gasteiger partial charge on any atom is -0.507 e. The fourth-order valence-electron chi connectivity index (χ4n) is 5.52. The van der Waals surface area contributed by atoms with E-state index in [1.165, 1.54) is 18.2 Å². The van der Waals surface area contributed by atoms with Gasteiger partial charge in [0.05, 0.1) is 22.3 Å². The second kappa shape index (κ2) is 10.1. The van der Waals surface area contributed by atoms with E-state index in [0.29, 0.717) is 34.6 Å². The van der Waals surface area contributed by atoms with Crippen molar-refractivity contribution in [1.82, 2.24) is 0 Å². The average Bonchev–Trinajstić information content (AvgIpc) is 3.15. The van der Waals surface area contributed by atoms with Gasteiger partial charge >= 0.3 is 11.9 Å². The molecular weight excluding hydrogens is 604 g/mol. The number of rotatable bonds is 7. The number of hydrogen-bond acceptors (Lipinski definition) is 5. The Balaban J connectivity index is 2.31. The summed E-state index contributed by atoms with van der Waals surface area (Å²) >= 11 is 7.35. The molecule has 1 aliphatic heterocycles. The van der Waals surface area contributed by atoms with Crippen LogP contribution in [0.1, 0.15) is 87.4 Å². The van der Waals surface area contributed by atoms with Gasteiger partial charge in [0.15, 0.2) is 5.60 Å². The number of carbonyl (C=O) groups excluding carboxylic acids is 1. The van der Waals surface area contributed by atoms with E-state index in [4.69, 9.17) is 4.74 Å². The number of carboxylic acids is 1. The molecule has 0 amide bonds. The first kappa shape index (κ1) is 27.2. The van der Waals surface area contributed by atoms with E-state index in [2.05, 4.69) is 31.9 Å². The summed E-state index contributed by atoms with van der Waals surface area (Å²) in [4.78, 5) is 25.9. The molecule has 6 nitrogen and oxygen atoms in total. The van der Waals surface area contributed by atoms with Gasteiger partial charge in [-0.25, -0.2) is 9.59 Å². The molecule has 0 atom stereocenters. The van der Waals surface area contributed by atoms with Crippen molar-refractivity contribution in [2.75, 3.05) is 0 Å². The van der Waals surface area contributed by atoms with Gasteiger partial charge in [0.2, 0.25) is 0 Å². The Bertz CT molecular complexity index is 1380. The highest BCUT2D eigenvalue weighted by atomic mass is 79.9. The van der Waals surface area contributed by atoms with Crippen LogP contribution in [0, 0.1) is 0 Å². The van der Waals surface area contributed by atoms with Crippen LogP contribution in [0.25, 0.3) is 0 Å². The first-order chi connectivity index (χ1) is 17.6. The number of aromatic carboxylic acids is 1. The van der Waals surface area contributed by atoms with Crippen molar-refractivity contribution in [3.05, 3.63) is 89.3 Å². The highest BCUT2D eigenvalue weighted by Crippen LogP contribution is 2.58. The lowest BCUT2D eigenvalue weighted by Gasteiger charge is -2.35. The number of carboxylic acid groups (broad SMARTS) is 1. The number of phenols is 2. The predicted molar refractivity (Wildman–Crippen MR) is 148 cm³/mol. The molecule has 0 saturated heterocycles. The van der Waals surface area contributed by atoms with Crippen molar-refractivity contribution in [2.24, 2.45) is 0 Å². The van der Waals surface area contributed by atoms with Crippen molar-refractivity contribution in [3.8, 4) is 11.5 Å². The summed E-state index contributed by atoms with van der Waals surface area (Å²) in [5, 5.41) is 33.2. The minimum atomic E-state index is -1.94. The molecule has 1 heterocycles. The summed E-state index contributed by atoms with van der Waals surface area (Å²) in [5.74, 6) is -2.35. The van der Waals surface area contributed by atoms with Gasteiger partial charge in [0, 0.05) is 14.5 Å². The second-order valence-corrected chi connectivity index (χ2v) is 10.5.